The maximum atomic E-state index is 12.0. The monoisotopic (exact) mass is 303 g/mol. The summed E-state index contributed by atoms with van der Waals surface area (Å²) in [6.45, 7) is -1.26. The minimum atomic E-state index is -4.74. The molecule has 1 unspecified atom stereocenters. The van der Waals surface area contributed by atoms with Gasteiger partial charge in [-0.1, -0.05) is 6.07 Å². The van der Waals surface area contributed by atoms with Crippen molar-refractivity contribution < 1.29 is 27.8 Å². The summed E-state index contributed by atoms with van der Waals surface area (Å²) in [7, 11) is 0. The molecule has 7 heteroatoms. The Kier molecular flexibility index (Phi) is 4.72. The van der Waals surface area contributed by atoms with Crippen molar-refractivity contribution >= 4 is 5.91 Å². The van der Waals surface area contributed by atoms with Crippen LogP contribution in [-0.4, -0.2) is 36.4 Å². The highest BCUT2D eigenvalue weighted by molar-refractivity contribution is 5.77. The van der Waals surface area contributed by atoms with Crippen LogP contribution < -0.4 is 10.1 Å². The molecule has 2 N–H and O–H groups in total. The van der Waals surface area contributed by atoms with Crippen LogP contribution in [0, 0.1) is 0 Å². The van der Waals surface area contributed by atoms with Crippen molar-refractivity contribution in [1.82, 2.24) is 5.32 Å². The van der Waals surface area contributed by atoms with Gasteiger partial charge < -0.3 is 15.2 Å². The largest absolute Gasteiger partial charge is 0.484 e. The number of nitrogens with one attached hydrogen (secondary N) is 1. The molecule has 116 valence electrons. The van der Waals surface area contributed by atoms with Crippen LogP contribution in [0.25, 0.3) is 0 Å². The van der Waals surface area contributed by atoms with Crippen LogP contribution in [0.3, 0.4) is 0 Å². The minimum absolute atomic E-state index is 0.386. The van der Waals surface area contributed by atoms with Gasteiger partial charge in [0, 0.05) is 0 Å². The zero-order valence-electron chi connectivity index (χ0n) is 11.2. The van der Waals surface area contributed by atoms with Gasteiger partial charge in [0.1, 0.15) is 5.75 Å². The van der Waals surface area contributed by atoms with E-state index in [0.717, 1.165) is 19.3 Å². The van der Waals surface area contributed by atoms with Crippen molar-refractivity contribution in [2.75, 3.05) is 13.2 Å². The zero-order chi connectivity index (χ0) is 15.5. The maximum absolute atomic E-state index is 12.0. The summed E-state index contributed by atoms with van der Waals surface area (Å²) >= 11 is 0. The molecule has 1 atom stereocenters. The lowest BCUT2D eigenvalue weighted by Crippen LogP contribution is -2.42. The molecule has 0 heterocycles. The van der Waals surface area contributed by atoms with E-state index < -0.39 is 24.7 Å². The molecule has 0 saturated carbocycles. The first-order valence-corrected chi connectivity index (χ1v) is 6.62. The summed E-state index contributed by atoms with van der Waals surface area (Å²) in [4.78, 5) is 11.4. The number of carbonyl (C=O) groups excluding carboxylic acids is 1. The second-order valence-electron chi connectivity index (χ2n) is 4.93. The Morgan fingerprint density at radius 3 is 2.76 bits per heavy atom. The molecule has 0 radical (unpaired) electrons. The fourth-order valence-corrected chi connectivity index (χ4v) is 2.16. The second-order valence-corrected chi connectivity index (χ2v) is 4.93. The molecule has 1 aromatic rings. The van der Waals surface area contributed by atoms with Gasteiger partial charge in [0.05, 0.1) is 6.54 Å². The lowest BCUT2D eigenvalue weighted by molar-refractivity contribution is -0.201. The molecule has 4 nitrogen and oxygen atoms in total. The van der Waals surface area contributed by atoms with Gasteiger partial charge in [-0.3, -0.25) is 4.79 Å². The predicted octanol–water partition coefficient (Wildman–Crippen LogP) is 1.59. The standard InChI is InChI=1S/C14H16F3NO3/c15-14(16,17)12(19)7-18-13(20)8-21-11-5-4-9-2-1-3-10(9)6-11/h4-6,12,19H,1-3,7-8H2,(H,18,20). The number of benzene rings is 1. The second kappa shape index (κ2) is 6.34. The first-order valence-electron chi connectivity index (χ1n) is 6.62. The fraction of sp³-hybridized carbons (Fsp3) is 0.500. The average molecular weight is 303 g/mol. The third-order valence-electron chi connectivity index (χ3n) is 3.31. The molecule has 2 rings (SSSR count). The summed E-state index contributed by atoms with van der Waals surface area (Å²) < 4.78 is 41.4. The van der Waals surface area contributed by atoms with Crippen LogP contribution in [0.2, 0.25) is 0 Å². The van der Waals surface area contributed by atoms with E-state index in [9.17, 15) is 18.0 Å². The third-order valence-corrected chi connectivity index (χ3v) is 3.31. The number of amides is 1. The van der Waals surface area contributed by atoms with Crippen LogP contribution in [0.4, 0.5) is 13.2 Å². The van der Waals surface area contributed by atoms with E-state index in [2.05, 4.69) is 0 Å². The molecular weight excluding hydrogens is 287 g/mol. The van der Waals surface area contributed by atoms with Crippen LogP contribution in [0.5, 0.6) is 5.75 Å². The normalized spacial score (nSPS) is 15.4. The molecule has 1 amide bonds. The van der Waals surface area contributed by atoms with E-state index in [4.69, 9.17) is 9.84 Å². The number of halogens is 3. The molecule has 0 aliphatic heterocycles. The Morgan fingerprint density at radius 2 is 2.05 bits per heavy atom. The number of alkyl halides is 3. The highest BCUT2D eigenvalue weighted by Crippen LogP contribution is 2.26. The van der Waals surface area contributed by atoms with E-state index >= 15 is 0 Å². The number of aliphatic hydroxyl groups excluding tert-OH is 1. The smallest absolute Gasteiger partial charge is 0.416 e. The van der Waals surface area contributed by atoms with Crippen LogP contribution in [-0.2, 0) is 17.6 Å². The minimum Gasteiger partial charge on any atom is -0.484 e. The van der Waals surface area contributed by atoms with E-state index in [1.54, 1.807) is 6.07 Å². The average Bonchev–Trinajstić information content (AvgIpc) is 2.88. The van der Waals surface area contributed by atoms with E-state index in [1.807, 2.05) is 17.4 Å². The van der Waals surface area contributed by atoms with Crippen molar-refractivity contribution in [2.24, 2.45) is 0 Å². The predicted molar refractivity (Wildman–Crippen MR) is 69.0 cm³/mol. The Balaban J connectivity index is 1.77. The number of hydrogen-bond acceptors (Lipinski definition) is 3. The van der Waals surface area contributed by atoms with Crippen molar-refractivity contribution in [2.45, 2.75) is 31.5 Å². The van der Waals surface area contributed by atoms with Gasteiger partial charge in [-0.05, 0) is 42.5 Å². The first kappa shape index (κ1) is 15.6. The molecule has 1 aliphatic rings. The van der Waals surface area contributed by atoms with Crippen LogP contribution in [0.15, 0.2) is 18.2 Å². The Hall–Kier alpha value is -1.76. The van der Waals surface area contributed by atoms with E-state index in [-0.39, 0.29) is 6.61 Å². The Morgan fingerprint density at radius 1 is 1.33 bits per heavy atom. The molecule has 0 saturated heterocycles. The summed E-state index contributed by atoms with van der Waals surface area (Å²) in [6, 6.07) is 5.52. The van der Waals surface area contributed by atoms with Gasteiger partial charge in [0.25, 0.3) is 5.91 Å². The molecule has 1 aliphatic carbocycles. The highest BCUT2D eigenvalue weighted by Gasteiger charge is 2.38. The maximum Gasteiger partial charge on any atom is 0.416 e. The van der Waals surface area contributed by atoms with Crippen LogP contribution in [0.1, 0.15) is 17.5 Å². The third kappa shape index (κ3) is 4.35. The number of hydrogen-bond donors (Lipinski definition) is 2. The number of aryl methyl sites for hydroxylation is 2. The zero-order valence-corrected chi connectivity index (χ0v) is 11.2. The number of aliphatic hydroxyl groups is 1. The van der Waals surface area contributed by atoms with Gasteiger partial charge in [-0.2, -0.15) is 13.2 Å². The van der Waals surface area contributed by atoms with E-state index in [1.165, 1.54) is 11.1 Å². The summed E-state index contributed by atoms with van der Waals surface area (Å²) in [5, 5.41) is 10.7. The van der Waals surface area contributed by atoms with E-state index in [0.29, 0.717) is 5.75 Å². The molecule has 0 fully saturated rings. The lowest BCUT2D eigenvalue weighted by Gasteiger charge is -2.15. The number of fused-ring (bicyclic) bond motifs is 1. The number of ether oxygens (including phenoxy) is 1. The van der Waals surface area contributed by atoms with Crippen LogP contribution >= 0.6 is 0 Å². The topological polar surface area (TPSA) is 58.6 Å². The fourth-order valence-electron chi connectivity index (χ4n) is 2.16. The molecular formula is C14H16F3NO3. The first-order chi connectivity index (χ1) is 9.86. The lowest BCUT2D eigenvalue weighted by atomic mass is 10.1. The van der Waals surface area contributed by atoms with Crippen molar-refractivity contribution in [3.63, 3.8) is 0 Å². The molecule has 0 spiro atoms. The number of carbonyl (C=O) groups is 1. The molecule has 0 aromatic heterocycles. The van der Waals surface area contributed by atoms with Gasteiger partial charge in [-0.25, -0.2) is 0 Å². The number of rotatable bonds is 5. The summed E-state index contributed by atoms with van der Waals surface area (Å²) in [5.74, 6) is -0.194. The Bertz CT molecular complexity index is 517. The molecule has 0 bridgehead atoms. The quantitative estimate of drug-likeness (QED) is 0.868. The summed E-state index contributed by atoms with van der Waals surface area (Å²) in [5.41, 5.74) is 2.44. The molecule has 21 heavy (non-hydrogen) atoms. The van der Waals surface area contributed by atoms with Gasteiger partial charge in [0.15, 0.2) is 12.7 Å². The summed E-state index contributed by atoms with van der Waals surface area (Å²) in [6.07, 6.45) is -4.22. The van der Waals surface area contributed by atoms with Crippen molar-refractivity contribution in [3.8, 4) is 5.75 Å². The molecule has 1 aromatic carbocycles. The van der Waals surface area contributed by atoms with Crippen molar-refractivity contribution in [3.05, 3.63) is 29.3 Å². The van der Waals surface area contributed by atoms with Gasteiger partial charge in [0.2, 0.25) is 0 Å². The Labute approximate surface area is 119 Å². The van der Waals surface area contributed by atoms with Crippen molar-refractivity contribution in [1.29, 1.82) is 0 Å². The van der Waals surface area contributed by atoms with Gasteiger partial charge in [-0.15, -0.1) is 0 Å². The highest BCUT2D eigenvalue weighted by atomic mass is 19.4. The van der Waals surface area contributed by atoms with Gasteiger partial charge >= 0.3 is 6.18 Å². The SMILES string of the molecule is O=C(COc1ccc2c(c1)CCC2)NCC(O)C(F)(F)F.